The van der Waals surface area contributed by atoms with E-state index in [0.29, 0.717) is 48.5 Å². The topological polar surface area (TPSA) is 78.4 Å². The average molecular weight is 426 g/mol. The highest BCUT2D eigenvalue weighted by molar-refractivity contribution is 5.96. The van der Waals surface area contributed by atoms with Crippen molar-refractivity contribution in [2.24, 2.45) is 11.8 Å². The van der Waals surface area contributed by atoms with Gasteiger partial charge in [-0.1, -0.05) is 27.2 Å². The summed E-state index contributed by atoms with van der Waals surface area (Å²) in [6.45, 7) is 8.88. The summed E-state index contributed by atoms with van der Waals surface area (Å²) >= 11 is 0. The Hall–Kier alpha value is -2.18. The molecule has 1 aromatic heterocycles. The van der Waals surface area contributed by atoms with E-state index in [1.54, 1.807) is 0 Å². The first kappa shape index (κ1) is 20.7. The second-order valence-electron chi connectivity index (χ2n) is 10.2. The molecule has 1 aromatic rings. The fourth-order valence-electron chi connectivity index (χ4n) is 6.43. The van der Waals surface area contributed by atoms with Gasteiger partial charge in [0.05, 0.1) is 0 Å². The molecule has 3 fully saturated rings. The molecule has 4 atom stereocenters. The molecule has 3 saturated heterocycles. The molecular weight excluding hydrogens is 390 g/mol. The van der Waals surface area contributed by atoms with E-state index < -0.39 is 0 Å². The third kappa shape index (κ3) is 3.50. The van der Waals surface area contributed by atoms with Crippen LogP contribution in [0, 0.1) is 11.8 Å². The van der Waals surface area contributed by atoms with E-state index in [9.17, 15) is 9.59 Å². The predicted molar refractivity (Wildman–Crippen MR) is 119 cm³/mol. The van der Waals surface area contributed by atoms with Crippen LogP contribution in [0.5, 0.6) is 0 Å². The Morgan fingerprint density at radius 1 is 1.13 bits per heavy atom. The Morgan fingerprint density at radius 2 is 1.94 bits per heavy atom. The van der Waals surface area contributed by atoms with Crippen LogP contribution in [0.1, 0.15) is 87.1 Å². The molecule has 1 N–H and O–H groups in total. The first-order valence-electron chi connectivity index (χ1n) is 12.2. The summed E-state index contributed by atoms with van der Waals surface area (Å²) in [6, 6.07) is 0.703. The number of carbonyl (C=O) groups excluding carboxylic acids is 2. The molecule has 168 valence electrons. The lowest BCUT2D eigenvalue weighted by atomic mass is 9.71. The van der Waals surface area contributed by atoms with Gasteiger partial charge in [-0.15, -0.1) is 0 Å². The molecule has 0 spiro atoms. The van der Waals surface area contributed by atoms with Gasteiger partial charge in [-0.3, -0.25) is 9.59 Å². The van der Waals surface area contributed by atoms with Crippen LogP contribution in [-0.2, 0) is 11.2 Å². The molecule has 0 saturated carbocycles. The van der Waals surface area contributed by atoms with Crippen molar-refractivity contribution in [2.75, 3.05) is 24.5 Å². The van der Waals surface area contributed by atoms with Crippen LogP contribution in [-0.4, -0.2) is 58.4 Å². The van der Waals surface area contributed by atoms with Crippen LogP contribution in [0.3, 0.4) is 0 Å². The zero-order valence-corrected chi connectivity index (χ0v) is 19.1. The van der Waals surface area contributed by atoms with Crippen LogP contribution in [0.2, 0.25) is 0 Å². The SMILES string of the molecule is CCC[C@H]1[C@H]2C[C@H](CN(c3nc(C(C)C)nc4c3CCNC4=O)C2)[C@@H]2CCCC(=O)N21. The van der Waals surface area contributed by atoms with Crippen molar-refractivity contribution >= 4 is 17.6 Å². The van der Waals surface area contributed by atoms with Crippen molar-refractivity contribution in [2.45, 2.75) is 83.7 Å². The molecule has 2 bridgehead atoms. The Labute approximate surface area is 185 Å². The lowest BCUT2D eigenvalue weighted by Crippen LogP contribution is -2.65. The maximum Gasteiger partial charge on any atom is 0.270 e. The van der Waals surface area contributed by atoms with Crippen molar-refractivity contribution < 1.29 is 9.59 Å². The lowest BCUT2D eigenvalue weighted by Gasteiger charge is -2.57. The van der Waals surface area contributed by atoms with Gasteiger partial charge in [-0.05, 0) is 43.9 Å². The monoisotopic (exact) mass is 425 g/mol. The maximum absolute atomic E-state index is 12.9. The molecule has 0 unspecified atom stereocenters. The minimum atomic E-state index is -0.0723. The number of hydrogen-bond acceptors (Lipinski definition) is 5. The third-order valence-electron chi connectivity index (χ3n) is 7.78. The first-order valence-corrected chi connectivity index (χ1v) is 12.2. The van der Waals surface area contributed by atoms with Gasteiger partial charge in [-0.25, -0.2) is 9.97 Å². The zero-order valence-electron chi connectivity index (χ0n) is 19.1. The number of amides is 2. The van der Waals surface area contributed by atoms with Gasteiger partial charge in [0.15, 0.2) is 0 Å². The molecule has 7 nitrogen and oxygen atoms in total. The number of aromatic nitrogens is 2. The average Bonchev–Trinajstić information content (AvgIpc) is 2.76. The van der Waals surface area contributed by atoms with Crippen molar-refractivity contribution in [3.63, 3.8) is 0 Å². The normalized spacial score (nSPS) is 30.2. The number of carbonyl (C=O) groups is 2. The van der Waals surface area contributed by atoms with Crippen LogP contribution >= 0.6 is 0 Å². The van der Waals surface area contributed by atoms with E-state index in [4.69, 9.17) is 4.98 Å². The van der Waals surface area contributed by atoms with Gasteiger partial charge in [0, 0.05) is 49.6 Å². The smallest absolute Gasteiger partial charge is 0.270 e. The van der Waals surface area contributed by atoms with Crippen LogP contribution in [0.25, 0.3) is 0 Å². The van der Waals surface area contributed by atoms with E-state index in [0.717, 1.165) is 62.4 Å². The molecule has 4 aliphatic heterocycles. The van der Waals surface area contributed by atoms with Crippen molar-refractivity contribution in [3.05, 3.63) is 17.1 Å². The summed E-state index contributed by atoms with van der Waals surface area (Å²) in [5.41, 5.74) is 1.58. The van der Waals surface area contributed by atoms with E-state index >= 15 is 0 Å². The van der Waals surface area contributed by atoms with Gasteiger partial charge in [0.2, 0.25) is 5.91 Å². The Kier molecular flexibility index (Phi) is 5.39. The molecule has 4 aliphatic rings. The second kappa shape index (κ2) is 8.06. The molecule has 0 aromatic carbocycles. The van der Waals surface area contributed by atoms with Gasteiger partial charge in [0.25, 0.3) is 5.91 Å². The summed E-state index contributed by atoms with van der Waals surface area (Å²) in [7, 11) is 0. The second-order valence-corrected chi connectivity index (χ2v) is 10.2. The fraction of sp³-hybridized carbons (Fsp3) is 0.750. The molecule has 2 amide bonds. The lowest BCUT2D eigenvalue weighted by molar-refractivity contribution is -0.149. The number of piperidine rings is 3. The minimum Gasteiger partial charge on any atom is -0.356 e. The molecule has 5 rings (SSSR count). The van der Waals surface area contributed by atoms with Crippen LogP contribution in [0.15, 0.2) is 0 Å². The number of anilines is 1. The number of hydrogen-bond donors (Lipinski definition) is 1. The molecule has 7 heteroatoms. The van der Waals surface area contributed by atoms with Gasteiger partial charge in [-0.2, -0.15) is 0 Å². The van der Waals surface area contributed by atoms with Gasteiger partial charge < -0.3 is 15.1 Å². The Balaban J connectivity index is 1.53. The summed E-state index contributed by atoms with van der Waals surface area (Å²) in [4.78, 5) is 39.9. The third-order valence-corrected chi connectivity index (χ3v) is 7.78. The number of rotatable bonds is 4. The molecular formula is C24H35N5O2. The van der Waals surface area contributed by atoms with Crippen LogP contribution < -0.4 is 10.2 Å². The molecule has 5 heterocycles. The van der Waals surface area contributed by atoms with E-state index in [1.807, 2.05) is 0 Å². The summed E-state index contributed by atoms with van der Waals surface area (Å²) in [5.74, 6) is 3.16. The van der Waals surface area contributed by atoms with E-state index in [-0.39, 0.29) is 11.8 Å². The first-order chi connectivity index (χ1) is 15.0. The van der Waals surface area contributed by atoms with Gasteiger partial charge >= 0.3 is 0 Å². The Morgan fingerprint density at radius 3 is 2.71 bits per heavy atom. The minimum absolute atomic E-state index is 0.0723. The standard InChI is InChI=1S/C24H35N5O2/c1-4-6-18-15-11-16(19-7-5-8-20(30)29(18)19)13-28(12-15)23-17-9-10-25-24(31)21(17)26-22(27-23)14(2)3/h14-16,18-19H,4-13H2,1-3H3,(H,25,31)/t15-,16+,18-,19-/m0/s1. The highest BCUT2D eigenvalue weighted by Crippen LogP contribution is 2.44. The van der Waals surface area contributed by atoms with Crippen molar-refractivity contribution in [3.8, 4) is 0 Å². The predicted octanol–water partition coefficient (Wildman–Crippen LogP) is 2.89. The fourth-order valence-corrected chi connectivity index (χ4v) is 6.43. The van der Waals surface area contributed by atoms with Crippen molar-refractivity contribution in [1.29, 1.82) is 0 Å². The zero-order chi connectivity index (χ0) is 21.7. The maximum atomic E-state index is 12.9. The van der Waals surface area contributed by atoms with Crippen molar-refractivity contribution in [1.82, 2.24) is 20.2 Å². The summed E-state index contributed by atoms with van der Waals surface area (Å²) < 4.78 is 0. The van der Waals surface area contributed by atoms with E-state index in [1.165, 1.54) is 6.42 Å². The number of nitrogens with one attached hydrogen (secondary N) is 1. The van der Waals surface area contributed by atoms with E-state index in [2.05, 4.69) is 40.9 Å². The summed E-state index contributed by atoms with van der Waals surface area (Å²) in [5, 5.41) is 2.95. The number of fused-ring (bicyclic) bond motifs is 5. The summed E-state index contributed by atoms with van der Waals surface area (Å²) in [6.07, 6.45) is 7.02. The molecule has 0 radical (unpaired) electrons. The highest BCUT2D eigenvalue weighted by atomic mass is 16.2. The largest absolute Gasteiger partial charge is 0.356 e. The molecule has 31 heavy (non-hydrogen) atoms. The number of nitrogens with zero attached hydrogens (tertiary/aromatic N) is 4. The van der Waals surface area contributed by atoms with Gasteiger partial charge in [0.1, 0.15) is 17.3 Å². The highest BCUT2D eigenvalue weighted by Gasteiger charge is 2.49. The van der Waals surface area contributed by atoms with Crippen LogP contribution in [0.4, 0.5) is 5.82 Å². The quantitative estimate of drug-likeness (QED) is 0.803. The molecule has 0 aliphatic carbocycles. The Bertz CT molecular complexity index is 885.